The van der Waals surface area contributed by atoms with Crippen molar-refractivity contribution in [1.29, 1.82) is 5.26 Å². The van der Waals surface area contributed by atoms with Crippen LogP contribution in [0.3, 0.4) is 0 Å². The summed E-state index contributed by atoms with van der Waals surface area (Å²) in [7, 11) is 2.99. The van der Waals surface area contributed by atoms with E-state index in [1.165, 1.54) is 31.4 Å². The first kappa shape index (κ1) is 23.3. The van der Waals surface area contributed by atoms with Crippen molar-refractivity contribution < 1.29 is 27.8 Å². The molecule has 0 aromatic carbocycles. The fourth-order valence-corrected chi connectivity index (χ4v) is 2.90. The first-order chi connectivity index (χ1) is 15.4. The second-order valence-electron chi connectivity index (χ2n) is 6.65. The zero-order chi connectivity index (χ0) is 23.1. The third-order valence-corrected chi connectivity index (χ3v) is 4.55. The molecule has 0 aliphatic carbocycles. The molecule has 10 nitrogen and oxygen atoms in total. The molecule has 1 saturated heterocycles. The van der Waals surface area contributed by atoms with E-state index in [2.05, 4.69) is 20.6 Å². The Labute approximate surface area is 183 Å². The Balaban J connectivity index is 1.77. The number of ether oxygens (including phenoxy) is 3. The van der Waals surface area contributed by atoms with Gasteiger partial charge in [-0.1, -0.05) is 0 Å². The summed E-state index contributed by atoms with van der Waals surface area (Å²) >= 11 is 0. The Morgan fingerprint density at radius 2 is 2.16 bits per heavy atom. The molecule has 170 valence electrons. The molecular weight excluding hydrogens is 426 g/mol. The van der Waals surface area contributed by atoms with Gasteiger partial charge in [-0.05, 0) is 12.1 Å². The zero-order valence-electron chi connectivity index (χ0n) is 17.5. The van der Waals surface area contributed by atoms with Gasteiger partial charge < -0.3 is 19.5 Å². The number of carbonyl (C=O) groups excluding carboxylic acids is 1. The summed E-state index contributed by atoms with van der Waals surface area (Å²) in [5, 5.41) is 14.8. The lowest BCUT2D eigenvalue weighted by atomic mass is 10.2. The minimum atomic E-state index is -2.77. The van der Waals surface area contributed by atoms with E-state index < -0.39 is 18.7 Å². The summed E-state index contributed by atoms with van der Waals surface area (Å²) in [5.74, 6) is 0.306. The van der Waals surface area contributed by atoms with Gasteiger partial charge in [-0.25, -0.2) is 23.5 Å². The Hall–Kier alpha value is -3.40. The maximum Gasteiger partial charge on any atom is 0.328 e. The Morgan fingerprint density at radius 3 is 2.81 bits per heavy atom. The molecule has 0 radical (unpaired) electrons. The van der Waals surface area contributed by atoms with E-state index in [9.17, 15) is 18.8 Å². The fraction of sp³-hybridized carbons (Fsp3) is 0.400. The molecule has 1 aliphatic rings. The second-order valence-corrected chi connectivity index (χ2v) is 6.65. The third kappa shape index (κ3) is 5.44. The Bertz CT molecular complexity index is 995. The number of hydrogen-bond donors (Lipinski definition) is 2. The highest BCUT2D eigenvalue weighted by Gasteiger charge is 2.28. The topological polar surface area (TPSA) is 122 Å². The van der Waals surface area contributed by atoms with E-state index in [0.717, 1.165) is 4.90 Å². The van der Waals surface area contributed by atoms with Crippen molar-refractivity contribution in [3.05, 3.63) is 41.2 Å². The number of nitriles is 1. The second kappa shape index (κ2) is 10.8. The highest BCUT2D eigenvalue weighted by Crippen LogP contribution is 2.32. The monoisotopic (exact) mass is 448 g/mol. The molecule has 2 aromatic rings. The number of pyridine rings is 2. The smallest absolute Gasteiger partial charge is 0.328 e. The molecule has 32 heavy (non-hydrogen) atoms. The summed E-state index contributed by atoms with van der Waals surface area (Å²) < 4.78 is 42.3. The van der Waals surface area contributed by atoms with Crippen molar-refractivity contribution in [3.8, 4) is 6.07 Å². The summed E-state index contributed by atoms with van der Waals surface area (Å²) in [4.78, 5) is 22.1. The number of hydrogen-bond acceptors (Lipinski definition) is 8. The predicted molar refractivity (Wildman–Crippen MR) is 111 cm³/mol. The number of rotatable bonds is 8. The van der Waals surface area contributed by atoms with E-state index in [4.69, 9.17) is 14.2 Å². The minimum absolute atomic E-state index is 0.0734. The molecule has 0 unspecified atom stereocenters. The number of alkyl halides is 2. The van der Waals surface area contributed by atoms with Gasteiger partial charge in [0.15, 0.2) is 0 Å². The Kier molecular flexibility index (Phi) is 7.82. The molecule has 3 rings (SSSR count). The summed E-state index contributed by atoms with van der Waals surface area (Å²) in [5.41, 5.74) is 0.387. The summed E-state index contributed by atoms with van der Waals surface area (Å²) in [6.45, 7) is 1.41. The molecule has 0 spiro atoms. The van der Waals surface area contributed by atoms with Crippen molar-refractivity contribution in [1.82, 2.24) is 9.97 Å². The molecule has 1 aliphatic heterocycles. The average Bonchev–Trinajstić information content (AvgIpc) is 3.33. The normalized spacial score (nSPS) is 13.8. The van der Waals surface area contributed by atoms with Gasteiger partial charge in [-0.15, -0.1) is 0 Å². The fourth-order valence-electron chi connectivity index (χ4n) is 2.90. The van der Waals surface area contributed by atoms with E-state index in [1.807, 2.05) is 6.07 Å². The number of nitrogens with one attached hydrogen (secondary N) is 2. The van der Waals surface area contributed by atoms with Gasteiger partial charge in [0, 0.05) is 38.5 Å². The third-order valence-electron chi connectivity index (χ3n) is 4.55. The Morgan fingerprint density at radius 1 is 1.41 bits per heavy atom. The maximum atomic E-state index is 13.4. The van der Waals surface area contributed by atoms with Crippen LogP contribution in [0.5, 0.6) is 0 Å². The van der Waals surface area contributed by atoms with Gasteiger partial charge >= 0.3 is 6.03 Å². The van der Waals surface area contributed by atoms with E-state index in [0.29, 0.717) is 24.4 Å². The van der Waals surface area contributed by atoms with Crippen molar-refractivity contribution in [2.75, 3.05) is 56.1 Å². The van der Waals surface area contributed by atoms with Crippen molar-refractivity contribution in [2.45, 2.75) is 12.7 Å². The van der Waals surface area contributed by atoms with Crippen LogP contribution in [0.1, 0.15) is 29.5 Å². The molecule has 2 amide bonds. The van der Waals surface area contributed by atoms with Gasteiger partial charge in [0.05, 0.1) is 31.1 Å². The zero-order valence-corrected chi connectivity index (χ0v) is 17.5. The molecule has 3 heterocycles. The van der Waals surface area contributed by atoms with Crippen LogP contribution in [0, 0.1) is 11.3 Å². The molecule has 2 N–H and O–H groups in total. The van der Waals surface area contributed by atoms with Gasteiger partial charge in [-0.3, -0.25) is 10.2 Å². The molecule has 0 saturated carbocycles. The molecule has 12 heteroatoms. The lowest BCUT2D eigenvalue weighted by molar-refractivity contribution is -0.0497. The van der Waals surface area contributed by atoms with Gasteiger partial charge in [0.2, 0.25) is 6.29 Å². The van der Waals surface area contributed by atoms with Crippen molar-refractivity contribution >= 4 is 23.4 Å². The van der Waals surface area contributed by atoms with E-state index in [-0.39, 0.29) is 36.1 Å². The molecule has 0 bridgehead atoms. The van der Waals surface area contributed by atoms with Crippen LogP contribution in [-0.2, 0) is 14.2 Å². The van der Waals surface area contributed by atoms with Crippen LogP contribution >= 0.6 is 0 Å². The first-order valence-corrected chi connectivity index (χ1v) is 9.64. The number of aromatic nitrogens is 2. The van der Waals surface area contributed by atoms with Crippen LogP contribution in [0.4, 0.5) is 30.9 Å². The largest absolute Gasteiger partial charge is 0.383 e. The number of halogens is 2. The summed E-state index contributed by atoms with van der Waals surface area (Å²) in [6, 6.07) is 5.42. The lowest BCUT2D eigenvalue weighted by Gasteiger charge is -2.20. The number of amides is 2. The van der Waals surface area contributed by atoms with Crippen LogP contribution in [-0.4, -0.2) is 56.5 Å². The highest BCUT2D eigenvalue weighted by molar-refractivity contribution is 6.00. The van der Waals surface area contributed by atoms with Crippen molar-refractivity contribution in [2.24, 2.45) is 0 Å². The molecule has 0 atom stereocenters. The van der Waals surface area contributed by atoms with Crippen LogP contribution in [0.25, 0.3) is 0 Å². The van der Waals surface area contributed by atoms with Crippen LogP contribution < -0.4 is 15.5 Å². The maximum absolute atomic E-state index is 13.4. The molecular formula is C20H22F2N6O4. The molecule has 1 fully saturated rings. The van der Waals surface area contributed by atoms with Gasteiger partial charge in [-0.2, -0.15) is 5.26 Å². The van der Waals surface area contributed by atoms with Crippen molar-refractivity contribution in [3.63, 3.8) is 0 Å². The number of nitrogens with zero attached hydrogens (tertiary/aromatic N) is 4. The first-order valence-electron chi connectivity index (χ1n) is 9.64. The quantitative estimate of drug-likeness (QED) is 0.591. The predicted octanol–water partition coefficient (Wildman–Crippen LogP) is 3.06. The lowest BCUT2D eigenvalue weighted by Crippen LogP contribution is -2.32. The standard InChI is InChI=1S/C20H22F2N6O4/c1-28(16-4-3-13(18(21)22)17(27-16)19-31-7-8-32-19)20(29)26-15-9-14(24-5-6-30-2)12(10-23)11-25-15/h3-4,9,11,18-19H,5-8H2,1-2H3,(H2,24,25,26,29). The number of urea groups is 1. The number of anilines is 3. The molecule has 2 aromatic heterocycles. The number of methoxy groups -OCH3 is 1. The number of carbonyl (C=O) groups is 1. The van der Waals surface area contributed by atoms with Crippen LogP contribution in [0.15, 0.2) is 24.4 Å². The van der Waals surface area contributed by atoms with Crippen LogP contribution in [0.2, 0.25) is 0 Å². The van der Waals surface area contributed by atoms with Gasteiger partial charge in [0.25, 0.3) is 6.43 Å². The minimum Gasteiger partial charge on any atom is -0.383 e. The average molecular weight is 448 g/mol. The van der Waals surface area contributed by atoms with E-state index >= 15 is 0 Å². The highest BCUT2D eigenvalue weighted by atomic mass is 19.3. The van der Waals surface area contributed by atoms with Gasteiger partial charge in [0.1, 0.15) is 23.4 Å². The van der Waals surface area contributed by atoms with E-state index in [1.54, 1.807) is 7.11 Å². The summed E-state index contributed by atoms with van der Waals surface area (Å²) in [6.07, 6.45) is -2.46. The SMILES string of the molecule is COCCNc1cc(NC(=O)N(C)c2ccc(C(F)F)c(C3OCCO3)n2)ncc1C#N.